The van der Waals surface area contributed by atoms with Crippen LogP contribution in [-0.2, 0) is 21.2 Å². The third kappa shape index (κ3) is 3.57. The lowest BCUT2D eigenvalue weighted by Gasteiger charge is -2.25. The summed E-state index contributed by atoms with van der Waals surface area (Å²) in [5.74, 6) is -0.697. The summed E-state index contributed by atoms with van der Waals surface area (Å²) in [6.07, 6.45) is 2.92. The Morgan fingerprint density at radius 2 is 1.92 bits per heavy atom. The highest BCUT2D eigenvalue weighted by Crippen LogP contribution is 2.25. The van der Waals surface area contributed by atoms with Gasteiger partial charge in [-0.2, -0.15) is 5.10 Å². The molecule has 1 heterocycles. The summed E-state index contributed by atoms with van der Waals surface area (Å²) >= 11 is 0. The fourth-order valence-corrected chi connectivity index (χ4v) is 3.50. The van der Waals surface area contributed by atoms with Crippen LogP contribution in [0.15, 0.2) is 36.5 Å². The van der Waals surface area contributed by atoms with E-state index in [0.29, 0.717) is 0 Å². The number of nitrogens with zero attached hydrogens (tertiary/aromatic N) is 2. The molecule has 1 aromatic carbocycles. The van der Waals surface area contributed by atoms with Crippen molar-refractivity contribution in [1.29, 1.82) is 0 Å². The van der Waals surface area contributed by atoms with E-state index < -0.39 is 27.0 Å². The Balaban J connectivity index is 2.25. The summed E-state index contributed by atoms with van der Waals surface area (Å²) in [4.78, 5) is 11.9. The van der Waals surface area contributed by atoms with E-state index in [1.165, 1.54) is 6.92 Å². The summed E-state index contributed by atoms with van der Waals surface area (Å²) in [6.45, 7) is 2.71. The van der Waals surface area contributed by atoms with Gasteiger partial charge in [-0.25, -0.2) is 8.42 Å². The number of aryl methyl sites for hydroxylation is 2. The second kappa shape index (κ2) is 6.86. The second-order valence-corrected chi connectivity index (χ2v) is 8.54. The maximum absolute atomic E-state index is 12.0. The van der Waals surface area contributed by atoms with Gasteiger partial charge in [0.1, 0.15) is 11.4 Å². The number of sulfone groups is 1. The average molecular weight is 350 g/mol. The fraction of sp³-hybridized carbons (Fsp3) is 0.412. The van der Waals surface area contributed by atoms with E-state index in [-0.39, 0.29) is 13.0 Å². The Hall–Kier alpha value is -1.99. The zero-order chi connectivity index (χ0) is 18.0. The highest BCUT2D eigenvalue weighted by molar-refractivity contribution is 7.92. The molecule has 0 aliphatic rings. The van der Waals surface area contributed by atoms with Crippen molar-refractivity contribution in [1.82, 2.24) is 9.78 Å². The highest BCUT2D eigenvalue weighted by Gasteiger charge is 2.42. The van der Waals surface area contributed by atoms with Gasteiger partial charge >= 0.3 is 0 Å². The van der Waals surface area contributed by atoms with Crippen LogP contribution in [0, 0.1) is 6.92 Å². The number of hydrogen-bond acceptors (Lipinski definition) is 5. The van der Waals surface area contributed by atoms with Crippen molar-refractivity contribution in [3.63, 3.8) is 0 Å². The summed E-state index contributed by atoms with van der Waals surface area (Å²) < 4.78 is 24.0. The van der Waals surface area contributed by atoms with E-state index >= 15 is 0 Å². The van der Waals surface area contributed by atoms with Crippen molar-refractivity contribution in [3.05, 3.63) is 42.2 Å². The molecular weight excluding hydrogens is 328 g/mol. The number of ketones is 1. The molecule has 0 unspecified atom stereocenters. The number of rotatable bonds is 7. The van der Waals surface area contributed by atoms with Crippen LogP contribution in [0.2, 0.25) is 0 Å². The standard InChI is InChI=1S/C17H22N2O4S/c1-13-15(14-7-5-4-6-8-14)11-19(18-13)10-9-17(2,16(21)12-20)24(3,22)23/h4-8,11,20H,9-10,12H2,1-3H3/t17-/m1/s1. The SMILES string of the molecule is Cc1nn(CC[C@](C)(C(=O)CO)S(C)(=O)=O)cc1-c1ccccc1. The van der Waals surface area contributed by atoms with Crippen molar-refractivity contribution < 1.29 is 18.3 Å². The van der Waals surface area contributed by atoms with Crippen LogP contribution in [-0.4, -0.2) is 46.7 Å². The molecule has 0 radical (unpaired) electrons. The first kappa shape index (κ1) is 18.4. The number of aliphatic hydroxyl groups excluding tert-OH is 1. The van der Waals surface area contributed by atoms with Gasteiger partial charge < -0.3 is 5.11 Å². The molecule has 0 saturated heterocycles. The summed E-state index contributed by atoms with van der Waals surface area (Å²) in [6, 6.07) is 9.76. The molecule has 0 fully saturated rings. The molecule has 7 heteroatoms. The Morgan fingerprint density at radius 3 is 2.46 bits per heavy atom. The van der Waals surface area contributed by atoms with Gasteiger partial charge in [0.25, 0.3) is 0 Å². The lowest BCUT2D eigenvalue weighted by molar-refractivity contribution is -0.124. The molecule has 6 nitrogen and oxygen atoms in total. The van der Waals surface area contributed by atoms with Gasteiger partial charge in [-0.3, -0.25) is 9.48 Å². The summed E-state index contributed by atoms with van der Waals surface area (Å²) in [7, 11) is -3.65. The molecule has 0 aliphatic carbocycles. The second-order valence-electron chi connectivity index (χ2n) is 6.09. The summed E-state index contributed by atoms with van der Waals surface area (Å²) in [5.41, 5.74) is 2.82. The molecular formula is C17H22N2O4S. The number of carbonyl (C=O) groups excluding carboxylic acids is 1. The van der Waals surface area contributed by atoms with Gasteiger partial charge in [-0.05, 0) is 25.8 Å². The molecule has 0 spiro atoms. The van der Waals surface area contributed by atoms with Gasteiger partial charge in [0.15, 0.2) is 15.6 Å². The predicted octanol–water partition coefficient (Wildman–Crippen LogP) is 1.61. The van der Waals surface area contributed by atoms with Crippen LogP contribution in [0.3, 0.4) is 0 Å². The van der Waals surface area contributed by atoms with Crippen LogP contribution in [0.1, 0.15) is 19.0 Å². The van der Waals surface area contributed by atoms with Gasteiger partial charge in [-0.1, -0.05) is 30.3 Å². The third-order valence-electron chi connectivity index (χ3n) is 4.40. The molecule has 1 atom stereocenters. The monoisotopic (exact) mass is 350 g/mol. The number of carbonyl (C=O) groups is 1. The van der Waals surface area contributed by atoms with Crippen molar-refractivity contribution in [2.45, 2.75) is 31.6 Å². The van der Waals surface area contributed by atoms with Crippen molar-refractivity contribution >= 4 is 15.6 Å². The van der Waals surface area contributed by atoms with E-state index in [1.54, 1.807) is 4.68 Å². The minimum absolute atomic E-state index is 0.0561. The lowest BCUT2D eigenvalue weighted by atomic mass is 10.0. The minimum atomic E-state index is -3.65. The van der Waals surface area contributed by atoms with E-state index in [1.807, 2.05) is 43.5 Å². The summed E-state index contributed by atoms with van der Waals surface area (Å²) in [5, 5.41) is 13.5. The average Bonchev–Trinajstić information content (AvgIpc) is 2.92. The largest absolute Gasteiger partial charge is 0.389 e. The van der Waals surface area contributed by atoms with Crippen LogP contribution in [0.5, 0.6) is 0 Å². The van der Waals surface area contributed by atoms with Crippen LogP contribution >= 0.6 is 0 Å². The predicted molar refractivity (Wildman–Crippen MR) is 92.4 cm³/mol. The Bertz CT molecular complexity index is 828. The number of hydrogen-bond donors (Lipinski definition) is 1. The van der Waals surface area contributed by atoms with Crippen molar-refractivity contribution in [2.75, 3.05) is 12.9 Å². The van der Waals surface area contributed by atoms with E-state index in [2.05, 4.69) is 5.10 Å². The number of benzene rings is 1. The molecule has 0 amide bonds. The molecule has 0 aliphatic heterocycles. The molecule has 1 N–H and O–H groups in total. The number of aliphatic hydroxyl groups is 1. The van der Waals surface area contributed by atoms with Crippen molar-refractivity contribution in [2.24, 2.45) is 0 Å². The van der Waals surface area contributed by atoms with Crippen molar-refractivity contribution in [3.8, 4) is 11.1 Å². The van der Waals surface area contributed by atoms with E-state index in [9.17, 15) is 13.2 Å². The van der Waals surface area contributed by atoms with Gasteiger partial charge in [-0.15, -0.1) is 0 Å². The van der Waals surface area contributed by atoms with Gasteiger partial charge in [0.2, 0.25) is 0 Å². The van der Waals surface area contributed by atoms with E-state index in [4.69, 9.17) is 5.11 Å². The Labute approximate surface area is 142 Å². The fourth-order valence-electron chi connectivity index (χ4n) is 2.56. The van der Waals surface area contributed by atoms with Gasteiger partial charge in [0, 0.05) is 24.6 Å². The smallest absolute Gasteiger partial charge is 0.179 e. The van der Waals surface area contributed by atoms with Crippen LogP contribution in [0.25, 0.3) is 11.1 Å². The highest BCUT2D eigenvalue weighted by atomic mass is 32.2. The Morgan fingerprint density at radius 1 is 1.29 bits per heavy atom. The molecule has 1 aromatic heterocycles. The molecule has 0 bridgehead atoms. The minimum Gasteiger partial charge on any atom is -0.389 e. The molecule has 24 heavy (non-hydrogen) atoms. The van der Waals surface area contributed by atoms with Gasteiger partial charge in [0.05, 0.1) is 5.69 Å². The van der Waals surface area contributed by atoms with E-state index in [0.717, 1.165) is 23.1 Å². The quantitative estimate of drug-likeness (QED) is 0.819. The zero-order valence-electron chi connectivity index (χ0n) is 14.1. The molecule has 0 saturated carbocycles. The topological polar surface area (TPSA) is 89.3 Å². The lowest BCUT2D eigenvalue weighted by Crippen LogP contribution is -2.45. The number of aromatic nitrogens is 2. The van der Waals surface area contributed by atoms with Crippen LogP contribution in [0.4, 0.5) is 0 Å². The normalized spacial score (nSPS) is 14.3. The third-order valence-corrected chi connectivity index (χ3v) is 6.47. The first-order valence-electron chi connectivity index (χ1n) is 7.62. The number of Topliss-reactive ketones (excluding diaryl/α,β-unsaturated/α-hetero) is 1. The molecule has 2 rings (SSSR count). The molecule has 130 valence electrons. The molecule has 2 aromatic rings. The zero-order valence-corrected chi connectivity index (χ0v) is 14.9. The first-order chi connectivity index (χ1) is 11.2. The van der Waals surface area contributed by atoms with Crippen LogP contribution < -0.4 is 0 Å². The first-order valence-corrected chi connectivity index (χ1v) is 9.51. The Kier molecular flexibility index (Phi) is 5.25. The maximum atomic E-state index is 12.0. The maximum Gasteiger partial charge on any atom is 0.179 e.